The molecule has 1 heterocycles. The molecule has 0 bridgehead atoms. The zero-order chi connectivity index (χ0) is 12.6. The van der Waals surface area contributed by atoms with Crippen LogP contribution < -0.4 is 5.32 Å². The van der Waals surface area contributed by atoms with E-state index in [2.05, 4.69) is 19.2 Å². The third-order valence-corrected chi connectivity index (χ3v) is 3.48. The van der Waals surface area contributed by atoms with E-state index in [1.54, 1.807) is 0 Å². The van der Waals surface area contributed by atoms with Gasteiger partial charge in [-0.3, -0.25) is 4.79 Å². The Balaban J connectivity index is 2.28. The van der Waals surface area contributed by atoms with Crippen molar-refractivity contribution in [1.82, 2.24) is 5.32 Å². The fraction of sp³-hybridized carbons (Fsp3) is 0.923. The summed E-state index contributed by atoms with van der Waals surface area (Å²) in [5.41, 5.74) is -0.254. The van der Waals surface area contributed by atoms with Crippen LogP contribution in [0.15, 0.2) is 0 Å². The van der Waals surface area contributed by atoms with E-state index in [0.717, 1.165) is 45.4 Å². The summed E-state index contributed by atoms with van der Waals surface area (Å²) in [6, 6.07) is 0. The van der Waals surface area contributed by atoms with Crippen LogP contribution in [-0.4, -0.2) is 38.9 Å². The topological polar surface area (TPSA) is 47.6 Å². The summed E-state index contributed by atoms with van der Waals surface area (Å²) >= 11 is 0. The van der Waals surface area contributed by atoms with Crippen molar-refractivity contribution in [3.8, 4) is 0 Å². The molecule has 0 radical (unpaired) electrons. The van der Waals surface area contributed by atoms with Crippen LogP contribution in [0.5, 0.6) is 0 Å². The van der Waals surface area contributed by atoms with Crippen molar-refractivity contribution in [2.24, 2.45) is 5.41 Å². The molecule has 0 aromatic carbocycles. The van der Waals surface area contributed by atoms with Crippen molar-refractivity contribution in [2.75, 3.05) is 32.9 Å². The van der Waals surface area contributed by atoms with Crippen LogP contribution in [0.25, 0.3) is 0 Å². The van der Waals surface area contributed by atoms with Crippen LogP contribution in [0, 0.1) is 5.41 Å². The molecule has 0 unspecified atom stereocenters. The zero-order valence-electron chi connectivity index (χ0n) is 11.1. The van der Waals surface area contributed by atoms with Crippen LogP contribution in [0.2, 0.25) is 0 Å². The third kappa shape index (κ3) is 4.28. The molecule has 0 aliphatic carbocycles. The lowest BCUT2D eigenvalue weighted by Gasteiger charge is -2.34. The predicted molar refractivity (Wildman–Crippen MR) is 66.9 cm³/mol. The summed E-state index contributed by atoms with van der Waals surface area (Å²) in [6.45, 7) is 7.59. The minimum Gasteiger partial charge on any atom is -0.463 e. The summed E-state index contributed by atoms with van der Waals surface area (Å²) in [4.78, 5) is 12.1. The fourth-order valence-electron chi connectivity index (χ4n) is 2.20. The number of piperidine rings is 1. The average Bonchev–Trinajstić information content (AvgIpc) is 2.39. The van der Waals surface area contributed by atoms with Gasteiger partial charge in [-0.15, -0.1) is 0 Å². The second-order valence-electron chi connectivity index (χ2n) is 4.63. The van der Waals surface area contributed by atoms with Crippen LogP contribution in [-0.2, 0) is 14.3 Å². The van der Waals surface area contributed by atoms with E-state index in [0.29, 0.717) is 13.2 Å². The van der Waals surface area contributed by atoms with Crippen LogP contribution >= 0.6 is 0 Å². The monoisotopic (exact) mass is 243 g/mol. The molecule has 4 nitrogen and oxygen atoms in total. The van der Waals surface area contributed by atoms with Gasteiger partial charge in [-0.2, -0.15) is 0 Å². The second-order valence-corrected chi connectivity index (χ2v) is 4.63. The average molecular weight is 243 g/mol. The standard InChI is InChI=1S/C13H25NO3/c1-3-9-16-10-11-17-12(15)13(4-2)5-7-14-8-6-13/h14H,3-11H2,1-2H3. The summed E-state index contributed by atoms with van der Waals surface area (Å²) in [7, 11) is 0. The predicted octanol–water partition coefficient (Wildman–Crippen LogP) is 1.74. The highest BCUT2D eigenvalue weighted by molar-refractivity contribution is 5.77. The summed E-state index contributed by atoms with van der Waals surface area (Å²) in [5, 5.41) is 3.28. The molecule has 4 heteroatoms. The SMILES string of the molecule is CCCOCCOC(=O)C1(CC)CCNCC1. The van der Waals surface area contributed by atoms with Crippen molar-refractivity contribution in [1.29, 1.82) is 0 Å². The molecular weight excluding hydrogens is 218 g/mol. The van der Waals surface area contributed by atoms with Crippen LogP contribution in [0.1, 0.15) is 39.5 Å². The molecule has 0 aromatic rings. The first kappa shape index (κ1) is 14.5. The number of esters is 1. The van der Waals surface area contributed by atoms with Gasteiger partial charge in [0.15, 0.2) is 0 Å². The van der Waals surface area contributed by atoms with Gasteiger partial charge < -0.3 is 14.8 Å². The third-order valence-electron chi connectivity index (χ3n) is 3.48. The fourth-order valence-corrected chi connectivity index (χ4v) is 2.20. The molecule has 100 valence electrons. The van der Waals surface area contributed by atoms with Crippen molar-refractivity contribution >= 4 is 5.97 Å². The largest absolute Gasteiger partial charge is 0.463 e. The smallest absolute Gasteiger partial charge is 0.312 e. The first-order valence-electron chi connectivity index (χ1n) is 6.71. The van der Waals surface area contributed by atoms with Crippen LogP contribution in [0.4, 0.5) is 0 Å². The van der Waals surface area contributed by atoms with E-state index in [1.165, 1.54) is 0 Å². The number of hydrogen-bond donors (Lipinski definition) is 1. The maximum absolute atomic E-state index is 12.1. The molecule has 0 amide bonds. The van der Waals surface area contributed by atoms with Gasteiger partial charge in [-0.25, -0.2) is 0 Å². The molecule has 0 atom stereocenters. The Morgan fingerprint density at radius 2 is 1.88 bits per heavy atom. The normalized spacial score (nSPS) is 18.9. The molecule has 0 spiro atoms. The van der Waals surface area contributed by atoms with E-state index in [1.807, 2.05) is 0 Å². The number of carbonyl (C=O) groups is 1. The number of hydrogen-bond acceptors (Lipinski definition) is 4. The summed E-state index contributed by atoms with van der Waals surface area (Å²) in [6.07, 6.45) is 3.64. The Bertz CT molecular complexity index is 225. The lowest BCUT2D eigenvalue weighted by molar-refractivity contribution is -0.159. The van der Waals surface area contributed by atoms with Gasteiger partial charge in [0.1, 0.15) is 6.61 Å². The zero-order valence-corrected chi connectivity index (χ0v) is 11.1. The number of ether oxygens (including phenoxy) is 2. The van der Waals surface area contributed by atoms with Crippen molar-refractivity contribution in [2.45, 2.75) is 39.5 Å². The molecule has 0 saturated carbocycles. The van der Waals surface area contributed by atoms with Crippen LogP contribution in [0.3, 0.4) is 0 Å². The lowest BCUT2D eigenvalue weighted by Crippen LogP contribution is -2.43. The molecule has 1 aliphatic rings. The summed E-state index contributed by atoms with van der Waals surface area (Å²) in [5.74, 6) is -0.0402. The van der Waals surface area contributed by atoms with Crippen molar-refractivity contribution in [3.63, 3.8) is 0 Å². The lowest BCUT2D eigenvalue weighted by atomic mass is 9.77. The highest BCUT2D eigenvalue weighted by Gasteiger charge is 2.39. The van der Waals surface area contributed by atoms with Gasteiger partial charge in [0.25, 0.3) is 0 Å². The molecule has 1 saturated heterocycles. The maximum atomic E-state index is 12.1. The van der Waals surface area contributed by atoms with Gasteiger partial charge in [0.2, 0.25) is 0 Å². The van der Waals surface area contributed by atoms with Gasteiger partial charge in [-0.05, 0) is 38.8 Å². The Labute approximate surface area is 104 Å². The first-order valence-corrected chi connectivity index (χ1v) is 6.71. The molecule has 0 aromatic heterocycles. The molecule has 1 rings (SSSR count). The first-order chi connectivity index (χ1) is 8.25. The molecule has 1 aliphatic heterocycles. The number of nitrogens with one attached hydrogen (secondary N) is 1. The minimum absolute atomic E-state index is 0.0402. The van der Waals surface area contributed by atoms with E-state index in [9.17, 15) is 4.79 Å². The Morgan fingerprint density at radius 1 is 1.18 bits per heavy atom. The Kier molecular flexibility index (Phi) is 6.52. The number of carbonyl (C=O) groups excluding carboxylic acids is 1. The van der Waals surface area contributed by atoms with Crippen molar-refractivity contribution < 1.29 is 14.3 Å². The van der Waals surface area contributed by atoms with E-state index >= 15 is 0 Å². The summed E-state index contributed by atoms with van der Waals surface area (Å²) < 4.78 is 10.6. The van der Waals surface area contributed by atoms with Gasteiger partial charge >= 0.3 is 5.97 Å². The maximum Gasteiger partial charge on any atom is 0.312 e. The molecule has 1 fully saturated rings. The Morgan fingerprint density at radius 3 is 2.47 bits per heavy atom. The van der Waals surface area contributed by atoms with E-state index in [-0.39, 0.29) is 11.4 Å². The van der Waals surface area contributed by atoms with Gasteiger partial charge in [0, 0.05) is 6.61 Å². The minimum atomic E-state index is -0.254. The quantitative estimate of drug-likeness (QED) is 0.546. The molecule has 17 heavy (non-hydrogen) atoms. The van der Waals surface area contributed by atoms with Gasteiger partial charge in [-0.1, -0.05) is 13.8 Å². The Hall–Kier alpha value is -0.610. The molecular formula is C13H25NO3. The highest BCUT2D eigenvalue weighted by atomic mass is 16.6. The highest BCUT2D eigenvalue weighted by Crippen LogP contribution is 2.33. The second kappa shape index (κ2) is 7.67. The van der Waals surface area contributed by atoms with Gasteiger partial charge in [0.05, 0.1) is 12.0 Å². The van der Waals surface area contributed by atoms with E-state index < -0.39 is 0 Å². The molecule has 1 N–H and O–H groups in total. The number of rotatable bonds is 7. The van der Waals surface area contributed by atoms with E-state index in [4.69, 9.17) is 9.47 Å². The van der Waals surface area contributed by atoms with Crippen molar-refractivity contribution in [3.05, 3.63) is 0 Å².